The van der Waals surface area contributed by atoms with Gasteiger partial charge in [0.05, 0.1) is 12.7 Å². The van der Waals surface area contributed by atoms with E-state index in [-0.39, 0.29) is 11.9 Å². The molecular weight excluding hydrogens is 292 g/mol. The summed E-state index contributed by atoms with van der Waals surface area (Å²) < 4.78 is 10.5. The number of rotatable bonds is 4. The lowest BCUT2D eigenvalue weighted by Crippen LogP contribution is -2.37. The molecule has 118 valence electrons. The topological polar surface area (TPSA) is 52.6 Å². The first kappa shape index (κ1) is 15.3. The maximum absolute atomic E-state index is 12.2. The number of hydrogen-bond acceptors (Lipinski definition) is 4. The third-order valence-corrected chi connectivity index (χ3v) is 4.16. The van der Waals surface area contributed by atoms with Crippen molar-refractivity contribution in [3.8, 4) is 0 Å². The van der Waals surface area contributed by atoms with Gasteiger partial charge in [0.25, 0.3) is 0 Å². The monoisotopic (exact) mass is 310 g/mol. The molecule has 2 atom stereocenters. The van der Waals surface area contributed by atoms with Crippen LogP contribution in [0.2, 0.25) is 0 Å². The second-order valence-corrected chi connectivity index (χ2v) is 5.56. The van der Waals surface area contributed by atoms with Gasteiger partial charge in [0.1, 0.15) is 12.0 Å². The van der Waals surface area contributed by atoms with Crippen LogP contribution in [0.5, 0.6) is 0 Å². The third-order valence-electron chi connectivity index (χ3n) is 4.16. The molecule has 1 aliphatic rings. The number of methoxy groups -OCH3 is 1. The molecule has 0 N–H and O–H groups in total. The Kier molecular flexibility index (Phi) is 4.42. The van der Waals surface area contributed by atoms with Crippen LogP contribution < -0.4 is 0 Å². The second-order valence-electron chi connectivity index (χ2n) is 5.56. The van der Waals surface area contributed by atoms with E-state index < -0.39 is 12.0 Å². The summed E-state index contributed by atoms with van der Waals surface area (Å²) in [5, 5.41) is 0. The van der Waals surface area contributed by atoms with E-state index in [2.05, 4.69) is 0 Å². The fourth-order valence-corrected chi connectivity index (χ4v) is 3.01. The lowest BCUT2D eigenvalue weighted by Gasteiger charge is -2.31. The molecule has 0 radical (unpaired) electrons. The lowest BCUT2D eigenvalue weighted by molar-refractivity contribution is -0.146. The van der Waals surface area contributed by atoms with E-state index in [9.17, 15) is 9.59 Å². The number of aryl methyl sites for hydroxylation is 1. The van der Waals surface area contributed by atoms with Crippen molar-refractivity contribution >= 4 is 11.9 Å². The first-order valence-corrected chi connectivity index (χ1v) is 7.62. The average Bonchev–Trinajstić information content (AvgIpc) is 2.60. The van der Waals surface area contributed by atoms with Gasteiger partial charge in [-0.1, -0.05) is 48.5 Å². The van der Waals surface area contributed by atoms with Gasteiger partial charge < -0.3 is 9.47 Å². The number of esters is 2. The highest BCUT2D eigenvalue weighted by Gasteiger charge is 2.40. The number of carbonyl (C=O) groups excluding carboxylic acids is 2. The molecule has 2 unspecified atom stereocenters. The van der Waals surface area contributed by atoms with Crippen LogP contribution >= 0.6 is 0 Å². The zero-order valence-electron chi connectivity index (χ0n) is 12.9. The minimum atomic E-state index is -0.572. The second kappa shape index (κ2) is 6.65. The van der Waals surface area contributed by atoms with E-state index in [1.807, 2.05) is 36.4 Å². The predicted molar refractivity (Wildman–Crippen MR) is 85.2 cm³/mol. The lowest BCUT2D eigenvalue weighted by atomic mass is 9.85. The Balaban J connectivity index is 1.87. The van der Waals surface area contributed by atoms with Gasteiger partial charge in [0.2, 0.25) is 0 Å². The molecule has 3 rings (SSSR count). The van der Waals surface area contributed by atoms with Crippen LogP contribution in [-0.2, 0) is 20.7 Å². The fraction of sp³-hybridized carbons (Fsp3) is 0.263. The molecule has 0 spiro atoms. The van der Waals surface area contributed by atoms with Crippen LogP contribution in [0.4, 0.5) is 0 Å². The molecule has 2 aromatic rings. The van der Waals surface area contributed by atoms with Gasteiger partial charge in [0.15, 0.2) is 0 Å². The fourth-order valence-electron chi connectivity index (χ4n) is 3.01. The summed E-state index contributed by atoms with van der Waals surface area (Å²) in [6.45, 7) is 0. The first-order chi connectivity index (χ1) is 11.2. The predicted octanol–water partition coefficient (Wildman–Crippen LogP) is 3.12. The molecule has 0 saturated heterocycles. The summed E-state index contributed by atoms with van der Waals surface area (Å²) in [7, 11) is 1.36. The van der Waals surface area contributed by atoms with Crippen molar-refractivity contribution in [1.82, 2.24) is 0 Å². The Bertz CT molecular complexity index is 708. The van der Waals surface area contributed by atoms with E-state index in [0.717, 1.165) is 12.0 Å². The number of cyclic esters (lactones) is 1. The zero-order chi connectivity index (χ0) is 16.2. The number of fused-ring (bicyclic) bond motifs is 1. The van der Waals surface area contributed by atoms with Crippen molar-refractivity contribution in [2.24, 2.45) is 0 Å². The maximum Gasteiger partial charge on any atom is 0.338 e. The molecule has 0 amide bonds. The molecular formula is C19H18O4. The SMILES string of the molecule is COC(=O)C1c2ccccc2C(=O)OC1CCc1ccccc1. The molecule has 1 aliphatic heterocycles. The Morgan fingerprint density at radius 2 is 1.78 bits per heavy atom. The van der Waals surface area contributed by atoms with Crippen LogP contribution in [0, 0.1) is 0 Å². The van der Waals surface area contributed by atoms with E-state index in [1.165, 1.54) is 7.11 Å². The van der Waals surface area contributed by atoms with E-state index in [4.69, 9.17) is 9.47 Å². The largest absolute Gasteiger partial charge is 0.468 e. The van der Waals surface area contributed by atoms with Crippen LogP contribution in [0.25, 0.3) is 0 Å². The van der Waals surface area contributed by atoms with Gasteiger partial charge in [-0.05, 0) is 30.0 Å². The summed E-state index contributed by atoms with van der Waals surface area (Å²) in [5.41, 5.74) is 2.28. The van der Waals surface area contributed by atoms with Crippen molar-refractivity contribution in [3.05, 3.63) is 71.3 Å². The average molecular weight is 310 g/mol. The summed E-state index contributed by atoms with van der Waals surface area (Å²) in [5.74, 6) is -1.32. The summed E-state index contributed by atoms with van der Waals surface area (Å²) >= 11 is 0. The Labute approximate surface area is 135 Å². The maximum atomic E-state index is 12.2. The van der Waals surface area contributed by atoms with Crippen LogP contribution in [0.3, 0.4) is 0 Å². The van der Waals surface area contributed by atoms with Crippen molar-refractivity contribution in [1.29, 1.82) is 0 Å². The number of carbonyl (C=O) groups is 2. The molecule has 23 heavy (non-hydrogen) atoms. The van der Waals surface area contributed by atoms with Gasteiger partial charge >= 0.3 is 11.9 Å². The highest BCUT2D eigenvalue weighted by molar-refractivity contribution is 5.96. The van der Waals surface area contributed by atoms with E-state index in [1.54, 1.807) is 18.2 Å². The van der Waals surface area contributed by atoms with Crippen molar-refractivity contribution in [2.45, 2.75) is 24.9 Å². The standard InChI is InChI=1S/C19H18O4/c1-22-19(21)17-14-9-5-6-10-15(14)18(20)23-16(17)12-11-13-7-3-2-4-8-13/h2-10,16-17H,11-12H2,1H3. The van der Waals surface area contributed by atoms with E-state index >= 15 is 0 Å². The Morgan fingerprint density at radius 1 is 1.09 bits per heavy atom. The summed E-state index contributed by atoms with van der Waals surface area (Å²) in [6, 6.07) is 17.0. The summed E-state index contributed by atoms with van der Waals surface area (Å²) in [6.07, 6.45) is 0.795. The van der Waals surface area contributed by atoms with Gasteiger partial charge in [0, 0.05) is 0 Å². The minimum absolute atomic E-state index is 0.372. The summed E-state index contributed by atoms with van der Waals surface area (Å²) in [4.78, 5) is 24.4. The quantitative estimate of drug-likeness (QED) is 0.814. The van der Waals surface area contributed by atoms with Crippen molar-refractivity contribution < 1.29 is 19.1 Å². The number of ether oxygens (including phenoxy) is 2. The van der Waals surface area contributed by atoms with Crippen LogP contribution in [0.1, 0.15) is 33.8 Å². The van der Waals surface area contributed by atoms with Crippen LogP contribution in [0.15, 0.2) is 54.6 Å². The molecule has 0 aromatic heterocycles. The third kappa shape index (κ3) is 3.11. The zero-order valence-corrected chi connectivity index (χ0v) is 12.9. The van der Waals surface area contributed by atoms with Gasteiger partial charge in [-0.15, -0.1) is 0 Å². The molecule has 1 heterocycles. The molecule has 0 fully saturated rings. The van der Waals surface area contributed by atoms with Gasteiger partial charge in [-0.3, -0.25) is 4.79 Å². The van der Waals surface area contributed by atoms with Gasteiger partial charge in [-0.2, -0.15) is 0 Å². The van der Waals surface area contributed by atoms with Crippen LogP contribution in [-0.4, -0.2) is 25.2 Å². The van der Waals surface area contributed by atoms with Crippen molar-refractivity contribution in [3.63, 3.8) is 0 Å². The molecule has 4 heteroatoms. The van der Waals surface area contributed by atoms with Crippen molar-refractivity contribution in [2.75, 3.05) is 7.11 Å². The molecule has 4 nitrogen and oxygen atoms in total. The Hall–Kier alpha value is -2.62. The highest BCUT2D eigenvalue weighted by Crippen LogP contribution is 2.34. The molecule has 0 aliphatic carbocycles. The minimum Gasteiger partial charge on any atom is -0.468 e. The Morgan fingerprint density at radius 3 is 2.52 bits per heavy atom. The van der Waals surface area contributed by atoms with Gasteiger partial charge in [-0.25, -0.2) is 4.79 Å². The molecule has 0 bridgehead atoms. The molecule has 2 aromatic carbocycles. The number of hydrogen-bond donors (Lipinski definition) is 0. The number of benzene rings is 2. The van der Waals surface area contributed by atoms with E-state index in [0.29, 0.717) is 17.5 Å². The highest BCUT2D eigenvalue weighted by atomic mass is 16.6. The smallest absolute Gasteiger partial charge is 0.338 e. The first-order valence-electron chi connectivity index (χ1n) is 7.62. The normalized spacial score (nSPS) is 19.6. The molecule has 0 saturated carbocycles.